The average molecular weight is 542 g/mol. The van der Waals surface area contributed by atoms with Crippen LogP contribution in [0.3, 0.4) is 0 Å². The van der Waals surface area contributed by atoms with Crippen molar-refractivity contribution in [1.29, 1.82) is 0 Å². The number of thioether (sulfide) groups is 1. The topological polar surface area (TPSA) is 166 Å². The molecule has 2 aliphatic heterocycles. The first-order valence-electron chi connectivity index (χ1n) is 11.0. The van der Waals surface area contributed by atoms with Gasteiger partial charge in [0, 0.05) is 16.5 Å². The summed E-state index contributed by atoms with van der Waals surface area (Å²) in [6, 6.07) is 12.6. The largest absolute Gasteiger partial charge is 0.508 e. The van der Waals surface area contributed by atoms with Crippen LogP contribution in [-0.4, -0.2) is 62.2 Å². The van der Waals surface area contributed by atoms with Crippen molar-refractivity contribution >= 4 is 52.5 Å². The molecule has 0 radical (unpaired) electrons. The number of imide groups is 1. The number of hydrogen-bond acceptors (Lipinski definition) is 9. The lowest BCUT2D eigenvalue weighted by molar-refractivity contribution is -0.149. The van der Waals surface area contributed by atoms with Crippen LogP contribution in [-0.2, 0) is 19.2 Å². The molecule has 3 atom stereocenters. The average Bonchev–Trinajstić information content (AvgIpc) is 3.34. The van der Waals surface area contributed by atoms with Crippen molar-refractivity contribution < 1.29 is 34.1 Å². The van der Waals surface area contributed by atoms with Gasteiger partial charge < -0.3 is 25.3 Å². The van der Waals surface area contributed by atoms with Crippen LogP contribution in [0, 0.1) is 5.92 Å². The molecule has 3 heterocycles. The van der Waals surface area contributed by atoms with Gasteiger partial charge in [0.1, 0.15) is 23.3 Å². The third-order valence-electron chi connectivity index (χ3n) is 5.95. The van der Waals surface area contributed by atoms with E-state index in [-0.39, 0.29) is 17.2 Å². The molecule has 2 aromatic carbocycles. The van der Waals surface area contributed by atoms with Crippen LogP contribution in [0.2, 0.25) is 0 Å². The number of thiazole rings is 1. The van der Waals surface area contributed by atoms with E-state index in [0.717, 1.165) is 28.0 Å². The van der Waals surface area contributed by atoms with Crippen LogP contribution in [0.5, 0.6) is 11.5 Å². The number of aromatic hydroxyl groups is 1. The summed E-state index contributed by atoms with van der Waals surface area (Å²) in [6.07, 6.45) is 0. The number of carbonyl (C=O) groups excluding carboxylic acids is 3. The zero-order chi connectivity index (χ0) is 26.3. The van der Waals surface area contributed by atoms with Crippen molar-refractivity contribution in [3.05, 3.63) is 68.6 Å². The summed E-state index contributed by atoms with van der Waals surface area (Å²) in [5.74, 6) is -4.14. The summed E-state index contributed by atoms with van der Waals surface area (Å²) in [4.78, 5) is 65.6. The van der Waals surface area contributed by atoms with Gasteiger partial charge in [-0.3, -0.25) is 28.9 Å². The van der Waals surface area contributed by atoms with E-state index in [1.54, 1.807) is 36.4 Å². The molecule has 1 saturated heterocycles. The molecule has 190 valence electrons. The SMILES string of the molecule is O=C(O)CN1C(=O)C2Sc3[nH]c(=O)sc3[C@@H](c3cccc(OCC(=O)Nc4ccc(O)cc4)c3)C2C1=O. The number of fused-ring (bicyclic) bond motifs is 2. The van der Waals surface area contributed by atoms with E-state index in [1.807, 2.05) is 0 Å². The summed E-state index contributed by atoms with van der Waals surface area (Å²) in [6.45, 7) is -1.05. The number of carbonyl (C=O) groups is 4. The van der Waals surface area contributed by atoms with Crippen molar-refractivity contribution in [2.24, 2.45) is 5.92 Å². The second kappa shape index (κ2) is 9.75. The highest BCUT2D eigenvalue weighted by atomic mass is 32.2. The molecule has 13 heteroatoms. The van der Waals surface area contributed by atoms with Crippen LogP contribution in [0.25, 0.3) is 0 Å². The molecule has 11 nitrogen and oxygen atoms in total. The van der Waals surface area contributed by atoms with Gasteiger partial charge in [-0.2, -0.15) is 0 Å². The lowest BCUT2D eigenvalue weighted by Crippen LogP contribution is -2.36. The van der Waals surface area contributed by atoms with E-state index in [1.165, 1.54) is 12.1 Å². The first kappa shape index (κ1) is 24.6. The normalized spacial score (nSPS) is 20.3. The van der Waals surface area contributed by atoms with Crippen LogP contribution in [0.1, 0.15) is 16.4 Å². The fourth-order valence-electron chi connectivity index (χ4n) is 4.41. The number of phenols is 1. The van der Waals surface area contributed by atoms with E-state index < -0.39 is 47.3 Å². The first-order chi connectivity index (χ1) is 17.7. The number of rotatable bonds is 7. The molecule has 3 amide bonds. The zero-order valence-corrected chi connectivity index (χ0v) is 20.5. The molecular weight excluding hydrogens is 522 g/mol. The van der Waals surface area contributed by atoms with Gasteiger partial charge in [0.25, 0.3) is 5.91 Å². The summed E-state index contributed by atoms with van der Waals surface area (Å²) >= 11 is 1.99. The number of amides is 3. The molecule has 0 spiro atoms. The highest BCUT2D eigenvalue weighted by Gasteiger charge is 2.56. The van der Waals surface area contributed by atoms with Gasteiger partial charge in [-0.1, -0.05) is 35.2 Å². The van der Waals surface area contributed by atoms with Crippen molar-refractivity contribution in [3.8, 4) is 11.5 Å². The fourth-order valence-corrected chi connectivity index (χ4v) is 6.95. The minimum Gasteiger partial charge on any atom is -0.508 e. The van der Waals surface area contributed by atoms with Crippen molar-refractivity contribution in [3.63, 3.8) is 0 Å². The monoisotopic (exact) mass is 541 g/mol. The number of H-pyrrole nitrogens is 1. The Morgan fingerprint density at radius 2 is 1.84 bits per heavy atom. The van der Waals surface area contributed by atoms with E-state index >= 15 is 0 Å². The lowest BCUT2D eigenvalue weighted by atomic mass is 9.83. The van der Waals surface area contributed by atoms with Crippen LogP contribution >= 0.6 is 23.1 Å². The molecule has 2 unspecified atom stereocenters. The van der Waals surface area contributed by atoms with Crippen molar-refractivity contribution in [2.45, 2.75) is 16.2 Å². The number of aromatic nitrogens is 1. The van der Waals surface area contributed by atoms with Crippen LogP contribution in [0.15, 0.2) is 58.4 Å². The number of benzene rings is 2. The Bertz CT molecular complexity index is 1470. The van der Waals surface area contributed by atoms with Gasteiger partial charge in [0.15, 0.2) is 6.61 Å². The first-order valence-corrected chi connectivity index (χ1v) is 12.7. The molecule has 1 aromatic heterocycles. The molecule has 37 heavy (non-hydrogen) atoms. The number of carboxylic acids is 1. The van der Waals surface area contributed by atoms with Crippen molar-refractivity contribution in [1.82, 2.24) is 9.88 Å². The minimum absolute atomic E-state index is 0.0681. The summed E-state index contributed by atoms with van der Waals surface area (Å²) in [7, 11) is 0. The molecule has 2 aliphatic rings. The Balaban J connectivity index is 1.40. The molecule has 0 saturated carbocycles. The number of nitrogens with one attached hydrogen (secondary N) is 2. The van der Waals surface area contributed by atoms with Gasteiger partial charge in [0.05, 0.1) is 10.9 Å². The quantitative estimate of drug-likeness (QED) is 0.258. The molecule has 0 bridgehead atoms. The van der Waals surface area contributed by atoms with Gasteiger partial charge in [-0.25, -0.2) is 0 Å². The predicted octanol–water partition coefficient (Wildman–Crippen LogP) is 1.84. The molecule has 4 N–H and O–H groups in total. The molecule has 3 aromatic rings. The van der Waals surface area contributed by atoms with Gasteiger partial charge in [0.2, 0.25) is 11.8 Å². The zero-order valence-electron chi connectivity index (χ0n) is 18.9. The number of hydrogen-bond donors (Lipinski definition) is 4. The lowest BCUT2D eigenvalue weighted by Gasteiger charge is -2.30. The smallest absolute Gasteiger partial charge is 0.323 e. The third-order valence-corrected chi connectivity index (χ3v) is 8.35. The third kappa shape index (κ3) is 4.82. The van der Waals surface area contributed by atoms with Gasteiger partial charge in [-0.05, 0) is 42.0 Å². The van der Waals surface area contributed by atoms with Crippen molar-refractivity contribution in [2.75, 3.05) is 18.5 Å². The Labute approximate surface area is 217 Å². The number of aromatic amines is 1. The van der Waals surface area contributed by atoms with Gasteiger partial charge >= 0.3 is 10.8 Å². The molecule has 0 aliphatic carbocycles. The maximum Gasteiger partial charge on any atom is 0.323 e. The summed E-state index contributed by atoms with van der Waals surface area (Å²) in [5.41, 5.74) is 1.07. The minimum atomic E-state index is -1.30. The summed E-state index contributed by atoms with van der Waals surface area (Å²) in [5, 5.41) is 20.8. The predicted molar refractivity (Wildman–Crippen MR) is 133 cm³/mol. The Morgan fingerprint density at radius 1 is 1.08 bits per heavy atom. The second-order valence-electron chi connectivity index (χ2n) is 8.36. The maximum atomic E-state index is 13.2. The number of phenolic OH excluding ortho intramolecular Hbond substituents is 1. The fraction of sp³-hybridized carbons (Fsp3) is 0.208. The second-order valence-corrected chi connectivity index (χ2v) is 10.5. The summed E-state index contributed by atoms with van der Waals surface area (Å²) < 4.78 is 5.65. The van der Waals surface area contributed by atoms with Gasteiger partial charge in [-0.15, -0.1) is 0 Å². The number of likely N-dealkylation sites (tertiary alicyclic amines) is 1. The number of anilines is 1. The van der Waals surface area contributed by atoms with E-state index in [0.29, 0.717) is 26.9 Å². The van der Waals surface area contributed by atoms with Crippen LogP contribution in [0.4, 0.5) is 5.69 Å². The van der Waals surface area contributed by atoms with E-state index in [4.69, 9.17) is 4.74 Å². The Morgan fingerprint density at radius 3 is 2.57 bits per heavy atom. The molecule has 1 fully saturated rings. The number of aliphatic carboxylic acids is 1. The van der Waals surface area contributed by atoms with E-state index in [9.17, 15) is 34.2 Å². The standard InChI is InChI=1S/C24H19N3O8S2/c28-13-6-4-12(5-7-13)25-15(29)10-35-14-3-1-2-11(8-14)17-18-20(36-21-19(17)37-24(34)26-21)23(33)27(22(18)32)9-16(30)31/h1-8,17-18,20,28H,9-10H2,(H,25,29)(H,26,34)(H,30,31)/t17-,18?,20?/m0/s1. The Kier molecular flexibility index (Phi) is 6.48. The van der Waals surface area contributed by atoms with E-state index in [2.05, 4.69) is 10.3 Å². The number of carboxylic acid groups (broad SMARTS) is 1. The number of nitrogens with zero attached hydrogens (tertiary/aromatic N) is 1. The molecular formula is C24H19N3O8S2. The highest BCUT2D eigenvalue weighted by Crippen LogP contribution is 2.52. The highest BCUT2D eigenvalue weighted by molar-refractivity contribution is 8.00. The number of ether oxygens (including phenoxy) is 1. The van der Waals surface area contributed by atoms with Crippen LogP contribution < -0.4 is 14.9 Å². The maximum absolute atomic E-state index is 13.2. The molecule has 5 rings (SSSR count). The Hall–Kier alpha value is -4.10.